The number of piperidine rings is 1. The van der Waals surface area contributed by atoms with Gasteiger partial charge >= 0.3 is 0 Å². The van der Waals surface area contributed by atoms with E-state index in [1.165, 1.54) is 19.3 Å². The van der Waals surface area contributed by atoms with Crippen LogP contribution in [0, 0.1) is 36.0 Å². The molecule has 2 fully saturated rings. The van der Waals surface area contributed by atoms with Crippen molar-refractivity contribution in [3.8, 4) is 11.9 Å². The lowest BCUT2D eigenvalue weighted by atomic mass is 9.90. The number of anilines is 2. The van der Waals surface area contributed by atoms with Crippen molar-refractivity contribution in [2.45, 2.75) is 32.6 Å². The summed E-state index contributed by atoms with van der Waals surface area (Å²) in [6, 6.07) is 3.66. The number of hydrogen-bond donors (Lipinski definition) is 1. The maximum atomic E-state index is 9.01. The Labute approximate surface area is 175 Å². The molecule has 2 aliphatic heterocycles. The summed E-state index contributed by atoms with van der Waals surface area (Å²) in [6.45, 7) is 5.30. The summed E-state index contributed by atoms with van der Waals surface area (Å²) in [5, 5.41) is 20.9. The summed E-state index contributed by atoms with van der Waals surface area (Å²) >= 11 is 0. The zero-order valence-electron chi connectivity index (χ0n) is 17.2. The molecule has 0 radical (unpaired) electrons. The van der Waals surface area contributed by atoms with E-state index in [0.717, 1.165) is 55.7 Å². The highest BCUT2D eigenvalue weighted by molar-refractivity contribution is 5.53. The van der Waals surface area contributed by atoms with Crippen LogP contribution in [-0.2, 0) is 0 Å². The van der Waals surface area contributed by atoms with E-state index in [2.05, 4.69) is 42.7 Å². The first-order valence-corrected chi connectivity index (χ1v) is 10.7. The predicted octanol–water partition coefficient (Wildman–Crippen LogP) is 2.47. The number of aromatic nitrogens is 5. The largest absolute Gasteiger partial charge is 0.478 e. The smallest absolute Gasteiger partial charge is 0.232 e. The number of nitriles is 1. The van der Waals surface area contributed by atoms with Gasteiger partial charge in [0, 0.05) is 31.9 Å². The Bertz CT molecular complexity index is 985. The zero-order chi connectivity index (χ0) is 20.5. The van der Waals surface area contributed by atoms with E-state index >= 15 is 0 Å². The van der Waals surface area contributed by atoms with Crippen LogP contribution in [0.25, 0.3) is 6.20 Å². The fourth-order valence-electron chi connectivity index (χ4n) is 4.76. The van der Waals surface area contributed by atoms with Gasteiger partial charge < -0.3 is 15.0 Å². The second kappa shape index (κ2) is 7.94. The Balaban J connectivity index is 1.08. The van der Waals surface area contributed by atoms with Crippen molar-refractivity contribution < 1.29 is 4.74 Å². The Hall–Kier alpha value is -3.15. The van der Waals surface area contributed by atoms with Gasteiger partial charge in [-0.2, -0.15) is 10.2 Å². The second-order valence-corrected chi connectivity index (χ2v) is 8.33. The van der Waals surface area contributed by atoms with Gasteiger partial charge in [-0.05, 0) is 56.4 Å². The van der Waals surface area contributed by atoms with E-state index in [1.807, 2.05) is 10.6 Å². The molecule has 2 unspecified atom stereocenters. The van der Waals surface area contributed by atoms with Crippen LogP contribution in [0.1, 0.15) is 37.2 Å². The lowest BCUT2D eigenvalue weighted by Crippen LogP contribution is -2.36. The van der Waals surface area contributed by atoms with Crippen molar-refractivity contribution in [2.75, 3.05) is 36.5 Å². The topological polar surface area (TPSA) is 105 Å². The average Bonchev–Trinajstić information content (AvgIpc) is 3.41. The molecule has 2 atom stereocenters. The second-order valence-electron chi connectivity index (χ2n) is 8.33. The summed E-state index contributed by atoms with van der Waals surface area (Å²) in [5.41, 5.74) is 0.355. The Kier molecular flexibility index (Phi) is 4.99. The van der Waals surface area contributed by atoms with Gasteiger partial charge in [-0.25, -0.2) is 4.98 Å². The number of nitrogens with one attached hydrogen (secondary N) is 1. The number of fused-ring (bicyclic) bond motifs is 1. The SMILES string of the molecule is Cc1nc(C#N)cc(OCCC2CC2C2CCN(c3nnc4n3C=CCN4)CC2)n1. The van der Waals surface area contributed by atoms with E-state index in [4.69, 9.17) is 10.00 Å². The molecule has 1 saturated carbocycles. The number of aryl methyl sites for hydroxylation is 1. The molecule has 3 aliphatic rings. The third-order valence-corrected chi connectivity index (χ3v) is 6.38. The molecule has 1 aliphatic carbocycles. The van der Waals surface area contributed by atoms with Gasteiger partial charge in [0.25, 0.3) is 0 Å². The highest BCUT2D eigenvalue weighted by atomic mass is 16.5. The van der Waals surface area contributed by atoms with Crippen molar-refractivity contribution in [3.63, 3.8) is 0 Å². The quantitative estimate of drug-likeness (QED) is 0.780. The standard InChI is InChI=1S/C21H26N8O/c1-14-24-17(13-22)12-19(25-14)30-10-5-16-11-18(16)15-3-8-28(9-4-15)21-27-26-20-23-6-2-7-29(20)21/h2,7,12,15-16,18H,3-6,8-11H2,1H3,(H,23,26). The number of ether oxygens (including phenoxy) is 1. The number of nitrogens with zero attached hydrogens (tertiary/aromatic N) is 7. The molecule has 30 heavy (non-hydrogen) atoms. The van der Waals surface area contributed by atoms with E-state index in [1.54, 1.807) is 13.0 Å². The molecule has 0 bridgehead atoms. The van der Waals surface area contributed by atoms with Crippen molar-refractivity contribution in [1.29, 1.82) is 5.26 Å². The normalized spacial score (nSPS) is 22.9. The first-order valence-electron chi connectivity index (χ1n) is 10.7. The van der Waals surface area contributed by atoms with Gasteiger partial charge in [-0.3, -0.25) is 4.57 Å². The molecular weight excluding hydrogens is 380 g/mol. The van der Waals surface area contributed by atoms with E-state index in [-0.39, 0.29) is 0 Å². The van der Waals surface area contributed by atoms with Crippen LogP contribution in [0.3, 0.4) is 0 Å². The fraction of sp³-hybridized carbons (Fsp3) is 0.571. The summed E-state index contributed by atoms with van der Waals surface area (Å²) < 4.78 is 7.84. The van der Waals surface area contributed by atoms with Crippen molar-refractivity contribution >= 4 is 18.1 Å². The summed E-state index contributed by atoms with van der Waals surface area (Å²) in [6.07, 6.45) is 8.91. The lowest BCUT2D eigenvalue weighted by Gasteiger charge is -2.33. The molecule has 4 heterocycles. The molecule has 2 aromatic heterocycles. The minimum absolute atomic E-state index is 0.355. The lowest BCUT2D eigenvalue weighted by molar-refractivity contribution is 0.275. The van der Waals surface area contributed by atoms with Gasteiger partial charge in [0.15, 0.2) is 0 Å². The van der Waals surface area contributed by atoms with Gasteiger partial charge in [0.2, 0.25) is 17.8 Å². The van der Waals surface area contributed by atoms with Crippen LogP contribution in [-0.4, -0.2) is 51.0 Å². The maximum Gasteiger partial charge on any atom is 0.232 e. The van der Waals surface area contributed by atoms with Crippen molar-refractivity contribution in [2.24, 2.45) is 17.8 Å². The Morgan fingerprint density at radius 1 is 1.27 bits per heavy atom. The van der Waals surface area contributed by atoms with Crippen LogP contribution < -0.4 is 15.0 Å². The molecule has 1 N–H and O–H groups in total. The van der Waals surface area contributed by atoms with Crippen LogP contribution in [0.5, 0.6) is 5.88 Å². The molecule has 1 saturated heterocycles. The third-order valence-electron chi connectivity index (χ3n) is 6.38. The molecule has 0 spiro atoms. The van der Waals surface area contributed by atoms with Gasteiger partial charge in [0.05, 0.1) is 6.61 Å². The summed E-state index contributed by atoms with van der Waals surface area (Å²) in [4.78, 5) is 10.7. The van der Waals surface area contributed by atoms with Crippen molar-refractivity contribution in [1.82, 2.24) is 24.7 Å². The highest BCUT2D eigenvalue weighted by Gasteiger charge is 2.43. The van der Waals surface area contributed by atoms with E-state index in [0.29, 0.717) is 24.0 Å². The molecule has 0 amide bonds. The molecule has 2 aromatic rings. The van der Waals surface area contributed by atoms with Gasteiger partial charge in [0.1, 0.15) is 17.6 Å². The van der Waals surface area contributed by atoms with Gasteiger partial charge in [-0.1, -0.05) is 0 Å². The Morgan fingerprint density at radius 2 is 2.13 bits per heavy atom. The summed E-state index contributed by atoms with van der Waals surface area (Å²) in [5.74, 6) is 5.20. The molecule has 5 rings (SSSR count). The monoisotopic (exact) mass is 406 g/mol. The van der Waals surface area contributed by atoms with Crippen LogP contribution in [0.4, 0.5) is 11.9 Å². The van der Waals surface area contributed by atoms with E-state index in [9.17, 15) is 0 Å². The van der Waals surface area contributed by atoms with Crippen LogP contribution >= 0.6 is 0 Å². The van der Waals surface area contributed by atoms with E-state index < -0.39 is 0 Å². The number of rotatable bonds is 6. The van der Waals surface area contributed by atoms with Crippen LogP contribution in [0.15, 0.2) is 12.1 Å². The third kappa shape index (κ3) is 3.82. The fourth-order valence-corrected chi connectivity index (χ4v) is 4.76. The number of hydrogen-bond acceptors (Lipinski definition) is 8. The maximum absolute atomic E-state index is 9.01. The molecule has 0 aromatic carbocycles. The van der Waals surface area contributed by atoms with Crippen molar-refractivity contribution in [3.05, 3.63) is 23.7 Å². The predicted molar refractivity (Wildman–Crippen MR) is 112 cm³/mol. The molecule has 156 valence electrons. The zero-order valence-corrected chi connectivity index (χ0v) is 17.2. The van der Waals surface area contributed by atoms with Gasteiger partial charge in [-0.15, -0.1) is 10.2 Å². The molecular formula is C21H26N8O. The first kappa shape index (κ1) is 18.9. The summed E-state index contributed by atoms with van der Waals surface area (Å²) in [7, 11) is 0. The first-order chi connectivity index (χ1) is 14.7. The minimum Gasteiger partial charge on any atom is -0.478 e. The highest BCUT2D eigenvalue weighted by Crippen LogP contribution is 2.50. The minimum atomic E-state index is 0.355. The van der Waals surface area contributed by atoms with Crippen LogP contribution in [0.2, 0.25) is 0 Å². The Morgan fingerprint density at radius 3 is 2.97 bits per heavy atom. The molecule has 9 heteroatoms. The molecule has 9 nitrogen and oxygen atoms in total. The average molecular weight is 406 g/mol.